The van der Waals surface area contributed by atoms with E-state index in [1.54, 1.807) is 32.8 Å². The van der Waals surface area contributed by atoms with Crippen LogP contribution in [0.2, 0.25) is 0 Å². The summed E-state index contributed by atoms with van der Waals surface area (Å²) < 4.78 is 53.7. The van der Waals surface area contributed by atoms with Gasteiger partial charge in [0, 0.05) is 63.0 Å². The van der Waals surface area contributed by atoms with Crippen LogP contribution in [0.3, 0.4) is 0 Å². The monoisotopic (exact) mass is 695 g/mol. The molecule has 0 saturated carbocycles. The van der Waals surface area contributed by atoms with E-state index >= 15 is 0 Å². The van der Waals surface area contributed by atoms with E-state index in [-0.39, 0.29) is 59.3 Å². The van der Waals surface area contributed by atoms with E-state index in [9.17, 15) is 36.7 Å². The fourth-order valence-electron chi connectivity index (χ4n) is 5.29. The fraction of sp³-hybridized carbons (Fsp3) is 0.559. The fourth-order valence-corrected chi connectivity index (χ4v) is 6.80. The predicted molar refractivity (Wildman–Crippen MR) is 182 cm³/mol. The molecular formula is C34H51F2N5O6S. The number of halogens is 2. The van der Waals surface area contributed by atoms with Gasteiger partial charge in [0.2, 0.25) is 10.0 Å². The summed E-state index contributed by atoms with van der Waals surface area (Å²) in [5, 5.41) is 15.5. The van der Waals surface area contributed by atoms with Crippen molar-refractivity contribution in [1.82, 2.24) is 25.0 Å². The first-order valence-corrected chi connectivity index (χ1v) is 18.0. The Morgan fingerprint density at radius 2 is 1.33 bits per heavy atom. The maximum Gasteiger partial charge on any atom is 0.253 e. The number of carbonyl (C=O) groups is 3. The van der Waals surface area contributed by atoms with Crippen LogP contribution in [0, 0.1) is 17.6 Å². The molecular weight excluding hydrogens is 644 g/mol. The lowest BCUT2D eigenvalue weighted by molar-refractivity contribution is 0.0618. The Bertz CT molecular complexity index is 1480. The normalized spacial score (nSPS) is 13.0. The lowest BCUT2D eigenvalue weighted by atomic mass is 9.98. The molecule has 2 atom stereocenters. The molecule has 0 aliphatic heterocycles. The molecule has 2 aromatic rings. The van der Waals surface area contributed by atoms with Crippen molar-refractivity contribution in [2.75, 3.05) is 46.0 Å². The third-order valence-electron chi connectivity index (χ3n) is 7.25. The van der Waals surface area contributed by atoms with E-state index in [4.69, 9.17) is 0 Å². The van der Waals surface area contributed by atoms with E-state index < -0.39 is 45.6 Å². The number of nitrogens with zero attached hydrogens (tertiary/aromatic N) is 3. The number of benzene rings is 2. The minimum absolute atomic E-state index is 0.0373. The molecule has 2 unspecified atom stereocenters. The van der Waals surface area contributed by atoms with Gasteiger partial charge in [0.15, 0.2) is 0 Å². The van der Waals surface area contributed by atoms with Gasteiger partial charge in [-0.15, -0.1) is 4.83 Å². The Kier molecular flexibility index (Phi) is 16.0. The van der Waals surface area contributed by atoms with Crippen LogP contribution in [-0.2, 0) is 16.4 Å². The molecule has 0 spiro atoms. The van der Waals surface area contributed by atoms with Crippen molar-refractivity contribution in [3.05, 3.63) is 70.3 Å². The minimum atomic E-state index is -3.75. The highest BCUT2D eigenvalue weighted by molar-refractivity contribution is 7.89. The van der Waals surface area contributed by atoms with E-state index in [0.29, 0.717) is 38.4 Å². The van der Waals surface area contributed by atoms with Gasteiger partial charge in [-0.25, -0.2) is 22.2 Å². The van der Waals surface area contributed by atoms with E-state index in [1.165, 1.54) is 28.1 Å². The Labute approximate surface area is 283 Å². The highest BCUT2D eigenvalue weighted by Crippen LogP contribution is 2.18. The molecule has 0 aromatic heterocycles. The first-order chi connectivity index (χ1) is 22.5. The zero-order valence-corrected chi connectivity index (χ0v) is 29.9. The summed E-state index contributed by atoms with van der Waals surface area (Å²) in [6, 6.07) is 5.83. The van der Waals surface area contributed by atoms with Crippen LogP contribution in [-0.4, -0.2) is 104 Å². The zero-order valence-electron chi connectivity index (χ0n) is 29.1. The molecule has 0 heterocycles. The third kappa shape index (κ3) is 12.9. The topological polar surface area (TPSA) is 139 Å². The highest BCUT2D eigenvalue weighted by Gasteiger charge is 2.28. The first kappa shape index (κ1) is 40.7. The molecule has 0 aliphatic rings. The predicted octanol–water partition coefficient (Wildman–Crippen LogP) is 3.83. The van der Waals surface area contributed by atoms with Crippen molar-refractivity contribution >= 4 is 27.7 Å². The summed E-state index contributed by atoms with van der Waals surface area (Å²) in [4.78, 5) is 45.8. The third-order valence-corrected chi connectivity index (χ3v) is 8.89. The van der Waals surface area contributed by atoms with Gasteiger partial charge in [0.25, 0.3) is 17.7 Å². The van der Waals surface area contributed by atoms with Gasteiger partial charge in [-0.2, -0.15) is 0 Å². The molecule has 14 heteroatoms. The Hall–Kier alpha value is -3.46. The summed E-state index contributed by atoms with van der Waals surface area (Å²) in [6.07, 6.45) is 0.297. The summed E-state index contributed by atoms with van der Waals surface area (Å²) in [5.74, 6) is -3.54. The largest absolute Gasteiger partial charge is 0.390 e. The number of aliphatic hydroxyl groups is 1. The van der Waals surface area contributed by atoms with Crippen LogP contribution in [0.25, 0.3) is 0 Å². The van der Waals surface area contributed by atoms with Crippen molar-refractivity contribution in [2.45, 2.75) is 72.4 Å². The number of hydrogen-bond acceptors (Lipinski definition) is 7. The number of sulfonamides is 1. The SMILES string of the molecule is CCCN(CC(O)C(Cc1cc(F)cc(F)c1)NC(=O)c1cc(C(=O)N(C)C)cc(C(=O)N(CCC)CCC)c1)NS(=O)(=O)CC(C)C. The summed E-state index contributed by atoms with van der Waals surface area (Å²) in [5.41, 5.74) is 0.334. The Morgan fingerprint density at radius 1 is 0.812 bits per heavy atom. The molecule has 0 radical (unpaired) electrons. The lowest BCUT2D eigenvalue weighted by Crippen LogP contribution is -2.53. The quantitative estimate of drug-likeness (QED) is 0.190. The van der Waals surface area contributed by atoms with Crippen LogP contribution in [0.1, 0.15) is 90.5 Å². The number of hydrazine groups is 1. The van der Waals surface area contributed by atoms with Gasteiger partial charge in [-0.1, -0.05) is 34.6 Å². The van der Waals surface area contributed by atoms with E-state index in [1.807, 2.05) is 20.8 Å². The Balaban J connectivity index is 2.55. The highest BCUT2D eigenvalue weighted by atomic mass is 32.2. The van der Waals surface area contributed by atoms with E-state index in [2.05, 4.69) is 10.1 Å². The standard InChI is InChI=1S/C34H51F2N5O6S/c1-8-11-40(12-9-2)34(45)27-18-25(17-26(19-27)33(44)39(6)7)32(43)37-30(16-24-14-28(35)20-29(36)15-24)31(42)21-41(13-10-3)38-48(46,47)22-23(4)5/h14-15,17-20,23,30-31,38,42H,8-13,16,21-22H2,1-7H3,(H,37,43). The molecule has 3 N–H and O–H groups in total. The summed E-state index contributed by atoms with van der Waals surface area (Å²) in [6.45, 7) is 10.1. The summed E-state index contributed by atoms with van der Waals surface area (Å²) in [7, 11) is -0.670. The lowest BCUT2D eigenvalue weighted by Gasteiger charge is -2.30. The van der Waals surface area contributed by atoms with Crippen molar-refractivity contribution in [2.24, 2.45) is 5.92 Å². The first-order valence-electron chi connectivity index (χ1n) is 16.3. The van der Waals surface area contributed by atoms with Crippen LogP contribution < -0.4 is 10.1 Å². The van der Waals surface area contributed by atoms with Gasteiger partial charge in [0.05, 0.1) is 17.9 Å². The number of hydrogen-bond donors (Lipinski definition) is 3. The van der Waals surface area contributed by atoms with Crippen molar-refractivity contribution < 1.29 is 36.7 Å². The molecule has 48 heavy (non-hydrogen) atoms. The second-order valence-electron chi connectivity index (χ2n) is 12.6. The van der Waals surface area contributed by atoms with Crippen molar-refractivity contribution in [3.8, 4) is 0 Å². The molecule has 2 rings (SSSR count). The van der Waals surface area contributed by atoms with Crippen LogP contribution in [0.5, 0.6) is 0 Å². The average molecular weight is 696 g/mol. The second-order valence-corrected chi connectivity index (χ2v) is 14.4. The summed E-state index contributed by atoms with van der Waals surface area (Å²) >= 11 is 0. The van der Waals surface area contributed by atoms with Crippen molar-refractivity contribution in [3.63, 3.8) is 0 Å². The molecule has 3 amide bonds. The van der Waals surface area contributed by atoms with Crippen LogP contribution in [0.15, 0.2) is 36.4 Å². The number of carbonyl (C=O) groups excluding carboxylic acids is 3. The molecule has 0 aliphatic carbocycles. The smallest absolute Gasteiger partial charge is 0.253 e. The molecule has 11 nitrogen and oxygen atoms in total. The van der Waals surface area contributed by atoms with Gasteiger partial charge < -0.3 is 20.2 Å². The maximum absolute atomic E-state index is 14.1. The molecule has 0 saturated heterocycles. The average Bonchev–Trinajstić information content (AvgIpc) is 2.98. The molecule has 0 fully saturated rings. The number of nitrogens with one attached hydrogen (secondary N) is 2. The van der Waals surface area contributed by atoms with Gasteiger partial charge >= 0.3 is 0 Å². The maximum atomic E-state index is 14.1. The van der Waals surface area contributed by atoms with E-state index in [0.717, 1.165) is 12.1 Å². The molecule has 0 bridgehead atoms. The second kappa shape index (κ2) is 18.9. The van der Waals surface area contributed by atoms with Gasteiger partial charge in [0.1, 0.15) is 11.6 Å². The number of rotatable bonds is 19. The minimum Gasteiger partial charge on any atom is -0.390 e. The van der Waals surface area contributed by atoms with Crippen LogP contribution in [0.4, 0.5) is 8.78 Å². The zero-order chi connectivity index (χ0) is 36.2. The van der Waals surface area contributed by atoms with Gasteiger partial charge in [-0.3, -0.25) is 14.4 Å². The number of amides is 3. The van der Waals surface area contributed by atoms with Crippen LogP contribution >= 0.6 is 0 Å². The molecule has 268 valence electrons. The molecule has 2 aromatic carbocycles. The Morgan fingerprint density at radius 3 is 1.83 bits per heavy atom. The number of aliphatic hydroxyl groups excluding tert-OH is 1. The van der Waals surface area contributed by atoms with Crippen molar-refractivity contribution in [1.29, 1.82) is 0 Å². The van der Waals surface area contributed by atoms with Gasteiger partial charge in [-0.05, 0) is 67.5 Å².